The van der Waals surface area contributed by atoms with Gasteiger partial charge < -0.3 is 4.57 Å². The zero-order valence-corrected chi connectivity index (χ0v) is 15.8. The van der Waals surface area contributed by atoms with Gasteiger partial charge in [-0.15, -0.1) is 0 Å². The van der Waals surface area contributed by atoms with E-state index in [9.17, 15) is 0 Å². The molecule has 0 aliphatic heterocycles. The molecule has 28 heavy (non-hydrogen) atoms. The van der Waals surface area contributed by atoms with Gasteiger partial charge in [-0.3, -0.25) is 0 Å². The summed E-state index contributed by atoms with van der Waals surface area (Å²) in [5.74, 6) is 1.15. The van der Waals surface area contributed by atoms with Crippen LogP contribution in [0, 0.1) is 0 Å². The molecule has 136 valence electrons. The second-order valence-electron chi connectivity index (χ2n) is 7.27. The van der Waals surface area contributed by atoms with Gasteiger partial charge in [-0.05, 0) is 46.5 Å². The Morgan fingerprint density at radius 1 is 0.607 bits per heavy atom. The first-order valence-corrected chi connectivity index (χ1v) is 9.82. The molecular formula is C26H22N2. The molecule has 0 saturated heterocycles. The van der Waals surface area contributed by atoms with Crippen molar-refractivity contribution < 1.29 is 0 Å². The van der Waals surface area contributed by atoms with E-state index in [-0.39, 0.29) is 0 Å². The molecule has 0 radical (unpaired) electrons. The average molecular weight is 362 g/mol. The van der Waals surface area contributed by atoms with Gasteiger partial charge in [-0.1, -0.05) is 78.9 Å². The maximum Gasteiger partial charge on any atom is 0.110 e. The van der Waals surface area contributed by atoms with Crippen molar-refractivity contribution in [2.45, 2.75) is 19.4 Å². The number of hydrogen-bond acceptors (Lipinski definition) is 1. The highest BCUT2D eigenvalue weighted by atomic mass is 15.1. The molecule has 5 aromatic rings. The minimum atomic E-state index is 0.843. The maximum absolute atomic E-state index is 4.95. The molecule has 0 saturated carbocycles. The number of aryl methyl sites for hydroxylation is 2. The number of rotatable bonds is 5. The van der Waals surface area contributed by atoms with Crippen LogP contribution in [0.15, 0.2) is 97.1 Å². The van der Waals surface area contributed by atoms with Crippen molar-refractivity contribution in [1.82, 2.24) is 9.55 Å². The smallest absolute Gasteiger partial charge is 0.110 e. The molecule has 2 heteroatoms. The Kier molecular flexibility index (Phi) is 4.38. The van der Waals surface area contributed by atoms with E-state index >= 15 is 0 Å². The zero-order chi connectivity index (χ0) is 18.8. The van der Waals surface area contributed by atoms with E-state index < -0.39 is 0 Å². The highest BCUT2D eigenvalue weighted by Gasteiger charge is 2.11. The SMILES string of the molecule is c1ccc(CCc2nc3ccccc3n2Cc2ccc3ccccc3c2)cc1. The molecule has 4 aromatic carbocycles. The second kappa shape index (κ2) is 7.32. The standard InChI is InChI=1S/C26H22N2/c1-2-8-20(9-3-1)15-17-26-27-24-12-6-7-13-25(24)28(26)19-21-14-16-22-10-4-5-11-23(22)18-21/h1-14,16,18H,15,17,19H2. The van der Waals surface area contributed by atoms with Crippen molar-refractivity contribution in [1.29, 1.82) is 0 Å². The number of benzene rings is 4. The third-order valence-corrected chi connectivity index (χ3v) is 5.37. The molecule has 5 rings (SSSR count). The summed E-state index contributed by atoms with van der Waals surface area (Å²) in [5, 5.41) is 2.57. The van der Waals surface area contributed by atoms with Crippen LogP contribution in [0.25, 0.3) is 21.8 Å². The van der Waals surface area contributed by atoms with Gasteiger partial charge in [-0.25, -0.2) is 4.98 Å². The largest absolute Gasteiger partial charge is 0.323 e. The third kappa shape index (κ3) is 3.29. The van der Waals surface area contributed by atoms with Crippen LogP contribution < -0.4 is 0 Å². The summed E-state index contributed by atoms with van der Waals surface area (Å²) in [6.45, 7) is 0.843. The molecule has 0 N–H and O–H groups in total. The van der Waals surface area contributed by atoms with Gasteiger partial charge in [0.15, 0.2) is 0 Å². The molecule has 1 aromatic heterocycles. The van der Waals surface area contributed by atoms with E-state index in [4.69, 9.17) is 4.98 Å². The Bertz CT molecular complexity index is 1240. The molecule has 2 nitrogen and oxygen atoms in total. The van der Waals surface area contributed by atoms with Gasteiger partial charge in [-0.2, -0.15) is 0 Å². The van der Waals surface area contributed by atoms with Crippen molar-refractivity contribution in [3.05, 3.63) is 114 Å². The maximum atomic E-state index is 4.95. The summed E-state index contributed by atoms with van der Waals surface area (Å²) < 4.78 is 2.38. The van der Waals surface area contributed by atoms with Crippen LogP contribution in [0.3, 0.4) is 0 Å². The van der Waals surface area contributed by atoms with E-state index in [0.29, 0.717) is 0 Å². The first kappa shape index (κ1) is 16.8. The Hall–Kier alpha value is -3.39. The fourth-order valence-corrected chi connectivity index (χ4v) is 3.91. The number of para-hydroxylation sites is 2. The predicted octanol–water partition coefficient (Wildman–Crippen LogP) is 6.02. The number of imidazole rings is 1. The second-order valence-corrected chi connectivity index (χ2v) is 7.27. The first-order valence-electron chi connectivity index (χ1n) is 9.82. The van der Waals surface area contributed by atoms with E-state index in [0.717, 1.165) is 30.7 Å². The summed E-state index contributed by atoms with van der Waals surface area (Å²) in [7, 11) is 0. The molecular weight excluding hydrogens is 340 g/mol. The number of aromatic nitrogens is 2. The Labute approximate surface area is 165 Å². The summed E-state index contributed by atoms with van der Waals surface area (Å²) in [5.41, 5.74) is 4.94. The van der Waals surface area contributed by atoms with Crippen LogP contribution in [-0.2, 0) is 19.4 Å². The fraction of sp³-hybridized carbons (Fsp3) is 0.115. The molecule has 0 amide bonds. The van der Waals surface area contributed by atoms with Crippen LogP contribution in [0.5, 0.6) is 0 Å². The van der Waals surface area contributed by atoms with Crippen LogP contribution in [0.2, 0.25) is 0 Å². The van der Waals surface area contributed by atoms with Crippen LogP contribution in [0.1, 0.15) is 17.0 Å². The van der Waals surface area contributed by atoms with Gasteiger partial charge >= 0.3 is 0 Å². The first-order chi connectivity index (χ1) is 13.9. The highest BCUT2D eigenvalue weighted by Crippen LogP contribution is 2.22. The Balaban J connectivity index is 1.51. The van der Waals surface area contributed by atoms with Crippen molar-refractivity contribution in [2.75, 3.05) is 0 Å². The van der Waals surface area contributed by atoms with E-state index in [1.807, 2.05) is 0 Å². The monoisotopic (exact) mass is 362 g/mol. The summed E-state index contributed by atoms with van der Waals surface area (Å²) in [4.78, 5) is 4.95. The number of fused-ring (bicyclic) bond motifs is 2. The van der Waals surface area contributed by atoms with Crippen molar-refractivity contribution in [3.8, 4) is 0 Å². The van der Waals surface area contributed by atoms with E-state index in [2.05, 4.69) is 102 Å². The van der Waals surface area contributed by atoms with Crippen LogP contribution in [-0.4, -0.2) is 9.55 Å². The summed E-state index contributed by atoms with van der Waals surface area (Å²) in [6.07, 6.45) is 1.94. The van der Waals surface area contributed by atoms with Crippen LogP contribution in [0.4, 0.5) is 0 Å². The van der Waals surface area contributed by atoms with Gasteiger partial charge in [0.2, 0.25) is 0 Å². The van der Waals surface area contributed by atoms with Gasteiger partial charge in [0.05, 0.1) is 11.0 Å². The topological polar surface area (TPSA) is 17.8 Å². The van der Waals surface area contributed by atoms with Crippen LogP contribution >= 0.6 is 0 Å². The highest BCUT2D eigenvalue weighted by molar-refractivity contribution is 5.83. The zero-order valence-electron chi connectivity index (χ0n) is 15.8. The molecule has 0 atom stereocenters. The lowest BCUT2D eigenvalue weighted by molar-refractivity contribution is 0.730. The third-order valence-electron chi connectivity index (χ3n) is 5.37. The van der Waals surface area contributed by atoms with E-state index in [1.165, 1.54) is 27.4 Å². The molecule has 0 spiro atoms. The quantitative estimate of drug-likeness (QED) is 0.374. The predicted molar refractivity (Wildman–Crippen MR) is 117 cm³/mol. The Morgan fingerprint density at radius 2 is 1.36 bits per heavy atom. The lowest BCUT2D eigenvalue weighted by atomic mass is 10.1. The molecule has 0 bridgehead atoms. The lowest BCUT2D eigenvalue weighted by Crippen LogP contribution is -2.06. The van der Waals surface area contributed by atoms with Gasteiger partial charge in [0, 0.05) is 13.0 Å². The fourth-order valence-electron chi connectivity index (χ4n) is 3.91. The minimum absolute atomic E-state index is 0.843. The molecule has 1 heterocycles. The normalized spacial score (nSPS) is 11.3. The van der Waals surface area contributed by atoms with E-state index in [1.54, 1.807) is 0 Å². The van der Waals surface area contributed by atoms with Crippen molar-refractivity contribution >= 4 is 21.8 Å². The van der Waals surface area contributed by atoms with Gasteiger partial charge in [0.1, 0.15) is 5.82 Å². The summed E-state index contributed by atoms with van der Waals surface area (Å²) in [6, 6.07) is 34.4. The summed E-state index contributed by atoms with van der Waals surface area (Å²) >= 11 is 0. The average Bonchev–Trinajstić information content (AvgIpc) is 3.10. The van der Waals surface area contributed by atoms with Crippen molar-refractivity contribution in [3.63, 3.8) is 0 Å². The Morgan fingerprint density at radius 3 is 2.25 bits per heavy atom. The number of nitrogens with zero attached hydrogens (tertiary/aromatic N) is 2. The van der Waals surface area contributed by atoms with Crippen molar-refractivity contribution in [2.24, 2.45) is 0 Å². The molecule has 0 unspecified atom stereocenters. The molecule has 0 aliphatic rings. The van der Waals surface area contributed by atoms with Gasteiger partial charge in [0.25, 0.3) is 0 Å². The molecule has 0 aliphatic carbocycles. The number of hydrogen-bond donors (Lipinski definition) is 0. The minimum Gasteiger partial charge on any atom is -0.323 e. The lowest BCUT2D eigenvalue weighted by Gasteiger charge is -2.11. The molecule has 0 fully saturated rings.